The van der Waals surface area contributed by atoms with E-state index in [4.69, 9.17) is 0 Å². The molecule has 0 aromatic heterocycles. The van der Waals surface area contributed by atoms with Gasteiger partial charge in [-0.1, -0.05) is 32.1 Å². The van der Waals surface area contributed by atoms with E-state index in [-0.39, 0.29) is 6.10 Å². The van der Waals surface area contributed by atoms with Crippen molar-refractivity contribution in [1.29, 1.82) is 0 Å². The summed E-state index contributed by atoms with van der Waals surface area (Å²) in [4.78, 5) is 0. The molecule has 3 atom stereocenters. The number of hydrogen-bond donors (Lipinski definition) is 2. The molecular weight excluding hydrogens is 186 g/mol. The summed E-state index contributed by atoms with van der Waals surface area (Å²) < 4.78 is 0. The van der Waals surface area contributed by atoms with Crippen molar-refractivity contribution in [3.8, 4) is 0 Å². The van der Waals surface area contributed by atoms with Gasteiger partial charge in [-0.2, -0.15) is 0 Å². The Kier molecular flexibility index (Phi) is 4.45. The maximum Gasteiger partial charge on any atom is 0.0583 e. The smallest absolute Gasteiger partial charge is 0.0583 e. The molecule has 15 heavy (non-hydrogen) atoms. The topological polar surface area (TPSA) is 32.3 Å². The van der Waals surface area contributed by atoms with Gasteiger partial charge in [-0.05, 0) is 32.2 Å². The third-order valence-electron chi connectivity index (χ3n) is 4.15. The Labute approximate surface area is 93.5 Å². The van der Waals surface area contributed by atoms with Crippen LogP contribution in [-0.2, 0) is 0 Å². The van der Waals surface area contributed by atoms with Gasteiger partial charge in [0.25, 0.3) is 0 Å². The first-order valence-corrected chi connectivity index (χ1v) is 6.79. The molecule has 0 bridgehead atoms. The molecule has 2 N–H and O–H groups in total. The van der Waals surface area contributed by atoms with Crippen molar-refractivity contribution in [3.05, 3.63) is 0 Å². The van der Waals surface area contributed by atoms with Crippen LogP contribution in [0.4, 0.5) is 0 Å². The van der Waals surface area contributed by atoms with Crippen LogP contribution in [0, 0.1) is 5.92 Å². The molecule has 1 aliphatic heterocycles. The first-order chi connectivity index (χ1) is 7.38. The highest BCUT2D eigenvalue weighted by atomic mass is 16.3. The van der Waals surface area contributed by atoms with Crippen molar-refractivity contribution >= 4 is 0 Å². The zero-order valence-corrected chi connectivity index (χ0v) is 9.75. The fourth-order valence-electron chi connectivity index (χ4n) is 3.21. The molecule has 2 aliphatic rings. The molecule has 0 spiro atoms. The Bertz CT molecular complexity index is 175. The quantitative estimate of drug-likeness (QED) is 0.653. The monoisotopic (exact) mass is 211 g/mol. The summed E-state index contributed by atoms with van der Waals surface area (Å²) in [6, 6.07) is 0.598. The van der Waals surface area contributed by atoms with Gasteiger partial charge < -0.3 is 10.4 Å². The third kappa shape index (κ3) is 3.18. The van der Waals surface area contributed by atoms with Crippen molar-refractivity contribution in [1.82, 2.24) is 5.32 Å². The van der Waals surface area contributed by atoms with Crippen LogP contribution in [0.2, 0.25) is 0 Å². The molecule has 2 fully saturated rings. The van der Waals surface area contributed by atoms with E-state index in [0.717, 1.165) is 13.0 Å². The Hall–Kier alpha value is -0.0800. The highest BCUT2D eigenvalue weighted by molar-refractivity contribution is 4.85. The van der Waals surface area contributed by atoms with E-state index in [2.05, 4.69) is 5.32 Å². The normalized spacial score (nSPS) is 39.4. The number of nitrogens with one attached hydrogen (secondary N) is 1. The van der Waals surface area contributed by atoms with Crippen LogP contribution < -0.4 is 5.32 Å². The molecule has 0 radical (unpaired) electrons. The van der Waals surface area contributed by atoms with Gasteiger partial charge in [0, 0.05) is 12.0 Å². The highest BCUT2D eigenvalue weighted by Crippen LogP contribution is 2.29. The van der Waals surface area contributed by atoms with Crippen LogP contribution >= 0.6 is 0 Å². The van der Waals surface area contributed by atoms with E-state index >= 15 is 0 Å². The van der Waals surface area contributed by atoms with Crippen LogP contribution in [0.15, 0.2) is 0 Å². The van der Waals surface area contributed by atoms with E-state index in [1.807, 2.05) is 0 Å². The van der Waals surface area contributed by atoms with Crippen LogP contribution in [0.3, 0.4) is 0 Å². The fourth-order valence-corrected chi connectivity index (χ4v) is 3.21. The Balaban J connectivity index is 1.92. The second-order valence-electron chi connectivity index (χ2n) is 5.28. The molecule has 2 rings (SSSR count). The summed E-state index contributed by atoms with van der Waals surface area (Å²) in [5.41, 5.74) is 0. The van der Waals surface area contributed by atoms with Crippen LogP contribution in [0.25, 0.3) is 0 Å². The van der Waals surface area contributed by atoms with E-state index in [9.17, 15) is 5.11 Å². The van der Waals surface area contributed by atoms with Crippen LogP contribution in [0.5, 0.6) is 0 Å². The summed E-state index contributed by atoms with van der Waals surface area (Å²) in [5, 5.41) is 13.8. The van der Waals surface area contributed by atoms with Gasteiger partial charge in [-0.15, -0.1) is 0 Å². The molecule has 0 amide bonds. The van der Waals surface area contributed by atoms with E-state index in [0.29, 0.717) is 12.0 Å². The molecule has 2 heteroatoms. The first kappa shape index (κ1) is 11.4. The van der Waals surface area contributed by atoms with E-state index < -0.39 is 0 Å². The van der Waals surface area contributed by atoms with Gasteiger partial charge >= 0.3 is 0 Å². The molecule has 3 unspecified atom stereocenters. The second kappa shape index (κ2) is 5.86. The molecule has 0 aromatic carbocycles. The molecular formula is C13H25NO. The minimum absolute atomic E-state index is 0.0388. The number of hydrogen-bond acceptors (Lipinski definition) is 2. The fraction of sp³-hybridized carbons (Fsp3) is 1.00. The zero-order chi connectivity index (χ0) is 10.5. The van der Waals surface area contributed by atoms with Gasteiger partial charge in [-0.3, -0.25) is 0 Å². The zero-order valence-electron chi connectivity index (χ0n) is 9.75. The Morgan fingerprint density at radius 2 is 1.53 bits per heavy atom. The lowest BCUT2D eigenvalue weighted by Crippen LogP contribution is -2.41. The van der Waals surface area contributed by atoms with Crippen molar-refractivity contribution in [2.45, 2.75) is 69.9 Å². The predicted octanol–water partition coefficient (Wildman–Crippen LogP) is 2.46. The lowest BCUT2D eigenvalue weighted by Gasteiger charge is -2.29. The molecule has 1 saturated heterocycles. The maximum absolute atomic E-state index is 10.2. The van der Waals surface area contributed by atoms with Crippen molar-refractivity contribution in [2.75, 3.05) is 6.54 Å². The maximum atomic E-state index is 10.2. The molecule has 1 aliphatic carbocycles. The lowest BCUT2D eigenvalue weighted by atomic mass is 9.87. The number of rotatable bonds is 1. The summed E-state index contributed by atoms with van der Waals surface area (Å²) in [5.74, 6) is 0.533. The summed E-state index contributed by atoms with van der Waals surface area (Å²) in [6.07, 6.45) is 11.4. The SMILES string of the molecule is OC1CCCCCC1C1CCCCCN1. The molecule has 1 heterocycles. The Morgan fingerprint density at radius 1 is 0.800 bits per heavy atom. The summed E-state index contributed by atoms with van der Waals surface area (Å²) >= 11 is 0. The molecule has 0 aromatic rings. The number of aliphatic hydroxyl groups excluding tert-OH is 1. The van der Waals surface area contributed by atoms with Crippen molar-refractivity contribution < 1.29 is 5.11 Å². The van der Waals surface area contributed by atoms with Gasteiger partial charge in [0.05, 0.1) is 6.10 Å². The third-order valence-corrected chi connectivity index (χ3v) is 4.15. The van der Waals surface area contributed by atoms with Crippen molar-refractivity contribution in [3.63, 3.8) is 0 Å². The van der Waals surface area contributed by atoms with Crippen molar-refractivity contribution in [2.24, 2.45) is 5.92 Å². The molecule has 88 valence electrons. The van der Waals surface area contributed by atoms with E-state index in [1.165, 1.54) is 51.4 Å². The molecule has 2 nitrogen and oxygen atoms in total. The van der Waals surface area contributed by atoms with Crippen LogP contribution in [-0.4, -0.2) is 23.8 Å². The summed E-state index contributed by atoms with van der Waals surface area (Å²) in [6.45, 7) is 1.16. The minimum Gasteiger partial charge on any atom is -0.393 e. The Morgan fingerprint density at radius 3 is 2.47 bits per heavy atom. The average Bonchev–Trinajstić information content (AvgIpc) is 2.59. The lowest BCUT2D eigenvalue weighted by molar-refractivity contribution is 0.0765. The highest BCUT2D eigenvalue weighted by Gasteiger charge is 2.29. The number of aliphatic hydroxyl groups is 1. The van der Waals surface area contributed by atoms with Gasteiger partial charge in [0.15, 0.2) is 0 Å². The van der Waals surface area contributed by atoms with E-state index in [1.54, 1.807) is 0 Å². The minimum atomic E-state index is -0.0388. The van der Waals surface area contributed by atoms with Gasteiger partial charge in [0.1, 0.15) is 0 Å². The first-order valence-electron chi connectivity index (χ1n) is 6.79. The molecule has 1 saturated carbocycles. The largest absolute Gasteiger partial charge is 0.393 e. The predicted molar refractivity (Wildman–Crippen MR) is 62.8 cm³/mol. The van der Waals surface area contributed by atoms with Crippen LogP contribution in [0.1, 0.15) is 57.8 Å². The summed E-state index contributed by atoms with van der Waals surface area (Å²) in [7, 11) is 0. The standard InChI is InChI=1S/C13H25NO/c15-13-9-5-1-3-7-11(13)12-8-4-2-6-10-14-12/h11-15H,1-10H2. The average molecular weight is 211 g/mol. The van der Waals surface area contributed by atoms with Gasteiger partial charge in [0.2, 0.25) is 0 Å². The second-order valence-corrected chi connectivity index (χ2v) is 5.28. The van der Waals surface area contributed by atoms with Gasteiger partial charge in [-0.25, -0.2) is 0 Å².